The Balaban J connectivity index is 3.44. The minimum Gasteiger partial charge on any atom is -0.466 e. The molecule has 0 rings (SSSR count). The van der Waals surface area contributed by atoms with E-state index in [0.29, 0.717) is 25.9 Å². The first kappa shape index (κ1) is 57.6. The van der Waals surface area contributed by atoms with Crippen LogP contribution < -0.4 is 5.32 Å². The molecule has 0 aliphatic carbocycles. The first-order chi connectivity index (χ1) is 29.0. The maximum Gasteiger partial charge on any atom is 0.305 e. The van der Waals surface area contributed by atoms with E-state index >= 15 is 0 Å². The van der Waals surface area contributed by atoms with Gasteiger partial charge in [0, 0.05) is 12.8 Å². The van der Waals surface area contributed by atoms with Crippen molar-refractivity contribution in [3.63, 3.8) is 0 Å². The molecule has 0 heterocycles. The van der Waals surface area contributed by atoms with Crippen LogP contribution in [0.2, 0.25) is 0 Å². The fourth-order valence-electron chi connectivity index (χ4n) is 8.22. The lowest BCUT2D eigenvalue weighted by molar-refractivity contribution is -0.143. The fourth-order valence-corrected chi connectivity index (χ4v) is 8.22. The zero-order valence-electron chi connectivity index (χ0n) is 39.7. The molecule has 0 aliphatic rings. The average Bonchev–Trinajstić information content (AvgIpc) is 3.24. The number of aliphatic hydroxyl groups is 2. The van der Waals surface area contributed by atoms with Crippen molar-refractivity contribution in [2.75, 3.05) is 13.2 Å². The van der Waals surface area contributed by atoms with Gasteiger partial charge in [0.1, 0.15) is 0 Å². The van der Waals surface area contributed by atoms with Gasteiger partial charge in [0.25, 0.3) is 0 Å². The normalized spacial score (nSPS) is 12.7. The molecule has 59 heavy (non-hydrogen) atoms. The highest BCUT2D eigenvalue weighted by atomic mass is 16.5. The number of esters is 1. The molecule has 0 radical (unpaired) electrons. The maximum atomic E-state index is 12.4. The molecule has 0 fully saturated rings. The van der Waals surface area contributed by atoms with Crippen molar-refractivity contribution in [1.82, 2.24) is 5.32 Å². The second-order valence-corrected chi connectivity index (χ2v) is 18.2. The molecule has 350 valence electrons. The Morgan fingerprint density at radius 2 is 0.797 bits per heavy atom. The van der Waals surface area contributed by atoms with Crippen LogP contribution in [0.4, 0.5) is 0 Å². The molecule has 2 atom stereocenters. The Kier molecular flexibility index (Phi) is 48.1. The summed E-state index contributed by atoms with van der Waals surface area (Å²) in [5, 5.41) is 23.2. The Bertz CT molecular complexity index is 878. The van der Waals surface area contributed by atoms with Gasteiger partial charge in [-0.15, -0.1) is 0 Å². The number of allylic oxidation sites excluding steroid dienone is 2. The van der Waals surface area contributed by atoms with Crippen molar-refractivity contribution in [2.24, 2.45) is 0 Å². The molecule has 0 aromatic rings. The lowest BCUT2D eigenvalue weighted by atomic mass is 10.0. The van der Waals surface area contributed by atoms with Gasteiger partial charge < -0.3 is 20.3 Å². The summed E-state index contributed by atoms with van der Waals surface area (Å²) in [7, 11) is 0. The molecule has 0 saturated heterocycles. The van der Waals surface area contributed by atoms with Crippen LogP contribution in [0.5, 0.6) is 0 Å². The van der Waals surface area contributed by atoms with E-state index in [-0.39, 0.29) is 18.5 Å². The van der Waals surface area contributed by atoms with Crippen LogP contribution in [0.15, 0.2) is 12.2 Å². The van der Waals surface area contributed by atoms with Gasteiger partial charge in [0.2, 0.25) is 5.91 Å². The summed E-state index contributed by atoms with van der Waals surface area (Å²) in [6.45, 7) is 4.92. The number of aliphatic hydroxyl groups excluding tert-OH is 2. The lowest BCUT2D eigenvalue weighted by Gasteiger charge is -2.22. The van der Waals surface area contributed by atoms with Gasteiger partial charge in [-0.3, -0.25) is 9.59 Å². The van der Waals surface area contributed by atoms with Gasteiger partial charge in [-0.25, -0.2) is 0 Å². The minimum atomic E-state index is -0.673. The van der Waals surface area contributed by atoms with Crippen molar-refractivity contribution in [2.45, 2.75) is 302 Å². The summed E-state index contributed by atoms with van der Waals surface area (Å²) in [5.41, 5.74) is 0. The second-order valence-electron chi connectivity index (χ2n) is 18.2. The topological polar surface area (TPSA) is 95.9 Å². The summed E-state index contributed by atoms with van der Waals surface area (Å²) in [6.07, 6.45) is 56.1. The van der Waals surface area contributed by atoms with Crippen LogP contribution in [-0.4, -0.2) is 47.4 Å². The molecular weight excluding hydrogens is 731 g/mol. The molecule has 0 aromatic heterocycles. The van der Waals surface area contributed by atoms with Crippen LogP contribution in [0, 0.1) is 0 Å². The molecule has 0 saturated carbocycles. The predicted molar refractivity (Wildman–Crippen MR) is 255 cm³/mol. The van der Waals surface area contributed by atoms with Gasteiger partial charge in [-0.1, -0.05) is 238 Å². The van der Waals surface area contributed by atoms with Crippen LogP contribution in [-0.2, 0) is 14.3 Å². The summed E-state index contributed by atoms with van der Waals surface area (Å²) in [5.74, 6) is -0.0623. The SMILES string of the molecule is CCCCCCCC/C=C\CCCCCCCCCC(=O)OCCCCCCCCCCCCCCC(=O)NC(CO)C(O)CCCCCCCCCCCCCCC. The monoisotopic (exact) mass is 834 g/mol. The first-order valence-corrected chi connectivity index (χ1v) is 26.4. The second kappa shape index (κ2) is 49.3. The summed E-state index contributed by atoms with van der Waals surface area (Å²) >= 11 is 0. The molecule has 3 N–H and O–H groups in total. The Hall–Kier alpha value is -1.40. The molecule has 1 amide bonds. The Morgan fingerprint density at radius 3 is 1.20 bits per heavy atom. The van der Waals surface area contributed by atoms with Crippen molar-refractivity contribution in [3.05, 3.63) is 12.2 Å². The van der Waals surface area contributed by atoms with Crippen LogP contribution >= 0.6 is 0 Å². The third kappa shape index (κ3) is 45.9. The summed E-state index contributed by atoms with van der Waals surface area (Å²) in [4.78, 5) is 24.5. The smallest absolute Gasteiger partial charge is 0.305 e. The molecule has 2 unspecified atom stereocenters. The fraction of sp³-hybridized carbons (Fsp3) is 0.925. The average molecular weight is 834 g/mol. The van der Waals surface area contributed by atoms with E-state index in [1.54, 1.807) is 0 Å². The van der Waals surface area contributed by atoms with E-state index in [9.17, 15) is 19.8 Å². The zero-order valence-corrected chi connectivity index (χ0v) is 39.7. The van der Waals surface area contributed by atoms with Crippen LogP contribution in [0.1, 0.15) is 290 Å². The molecule has 0 aromatic carbocycles. The third-order valence-electron chi connectivity index (χ3n) is 12.3. The molecule has 0 aliphatic heterocycles. The van der Waals surface area contributed by atoms with Crippen molar-refractivity contribution in [3.8, 4) is 0 Å². The molecule has 6 heteroatoms. The zero-order chi connectivity index (χ0) is 43.0. The number of carbonyl (C=O) groups excluding carboxylic acids is 2. The number of carbonyl (C=O) groups is 2. The van der Waals surface area contributed by atoms with Crippen LogP contribution in [0.3, 0.4) is 0 Å². The number of hydrogen-bond acceptors (Lipinski definition) is 5. The number of nitrogens with one attached hydrogen (secondary N) is 1. The van der Waals surface area contributed by atoms with Gasteiger partial charge >= 0.3 is 5.97 Å². The van der Waals surface area contributed by atoms with Crippen LogP contribution in [0.25, 0.3) is 0 Å². The first-order valence-electron chi connectivity index (χ1n) is 26.4. The molecule has 0 bridgehead atoms. The van der Waals surface area contributed by atoms with E-state index in [2.05, 4.69) is 31.3 Å². The number of hydrogen-bond donors (Lipinski definition) is 3. The minimum absolute atomic E-state index is 0.0123. The Labute approximate surface area is 368 Å². The Morgan fingerprint density at radius 1 is 0.458 bits per heavy atom. The summed E-state index contributed by atoms with van der Waals surface area (Å²) in [6, 6.07) is -0.552. The van der Waals surface area contributed by atoms with E-state index < -0.39 is 12.1 Å². The van der Waals surface area contributed by atoms with Gasteiger partial charge in [0.05, 0.1) is 25.4 Å². The molecule has 0 spiro atoms. The lowest BCUT2D eigenvalue weighted by Crippen LogP contribution is -2.45. The predicted octanol–water partition coefficient (Wildman–Crippen LogP) is 15.7. The van der Waals surface area contributed by atoms with E-state index in [1.165, 1.54) is 199 Å². The largest absolute Gasteiger partial charge is 0.466 e. The number of amides is 1. The third-order valence-corrected chi connectivity index (χ3v) is 12.3. The van der Waals surface area contributed by atoms with E-state index in [1.807, 2.05) is 0 Å². The van der Waals surface area contributed by atoms with Crippen molar-refractivity contribution >= 4 is 11.9 Å². The van der Waals surface area contributed by atoms with Crippen molar-refractivity contribution in [1.29, 1.82) is 0 Å². The highest BCUT2D eigenvalue weighted by Crippen LogP contribution is 2.16. The highest BCUT2D eigenvalue weighted by molar-refractivity contribution is 5.76. The van der Waals surface area contributed by atoms with Gasteiger partial charge in [-0.2, -0.15) is 0 Å². The van der Waals surface area contributed by atoms with E-state index in [0.717, 1.165) is 57.8 Å². The molecule has 6 nitrogen and oxygen atoms in total. The number of rotatable bonds is 49. The highest BCUT2D eigenvalue weighted by Gasteiger charge is 2.20. The number of unbranched alkanes of at least 4 members (excludes halogenated alkanes) is 36. The van der Waals surface area contributed by atoms with E-state index in [4.69, 9.17) is 4.74 Å². The maximum absolute atomic E-state index is 12.4. The van der Waals surface area contributed by atoms with Gasteiger partial charge in [0.15, 0.2) is 0 Å². The standard InChI is InChI=1S/C53H103NO5/c1-3-5-7-9-11-13-15-17-18-19-20-22-27-31-35-39-43-47-53(58)59-48-44-40-36-32-28-24-23-26-30-34-38-42-46-52(57)54-50(49-55)51(56)45-41-37-33-29-25-21-16-14-12-10-8-6-4-2/h17-18,50-51,55-56H,3-16,19-49H2,1-2H3,(H,54,57)/b18-17-. The van der Waals surface area contributed by atoms with Crippen molar-refractivity contribution < 1.29 is 24.5 Å². The quantitative estimate of drug-likeness (QED) is 0.0322. The van der Waals surface area contributed by atoms with Gasteiger partial charge in [-0.05, 0) is 51.4 Å². The summed E-state index contributed by atoms with van der Waals surface area (Å²) < 4.78 is 5.47. The molecular formula is C53H103NO5. The number of ether oxygens (including phenoxy) is 1.